The molecule has 1 atom stereocenters. The van der Waals surface area contributed by atoms with Crippen molar-refractivity contribution in [1.82, 2.24) is 9.91 Å². The molecule has 0 radical (unpaired) electrons. The zero-order valence-electron chi connectivity index (χ0n) is 16.3. The molecule has 0 saturated carbocycles. The van der Waals surface area contributed by atoms with Crippen molar-refractivity contribution >= 4 is 23.9 Å². The maximum atomic E-state index is 12.7. The van der Waals surface area contributed by atoms with E-state index in [9.17, 15) is 24.5 Å². The first-order valence-electron chi connectivity index (χ1n) is 8.79. The van der Waals surface area contributed by atoms with Gasteiger partial charge in [-0.15, -0.1) is 0 Å². The average Bonchev–Trinajstić information content (AvgIpc) is 2.67. The quantitative estimate of drug-likeness (QED) is 0.141. The number of carboxylic acid groups (broad SMARTS) is 1. The average molecular weight is 424 g/mol. The molecule has 13 nitrogen and oxygen atoms in total. The van der Waals surface area contributed by atoms with Crippen molar-refractivity contribution in [2.45, 2.75) is 25.5 Å². The number of carbonyl (C=O) groups excluding carboxylic acids is 2. The van der Waals surface area contributed by atoms with Gasteiger partial charge in [-0.25, -0.2) is 14.9 Å². The number of aliphatic carboxylic acids is 1. The molecule has 0 fully saturated rings. The Kier molecular flexibility index (Phi) is 9.52. The van der Waals surface area contributed by atoms with Crippen LogP contribution in [0.5, 0.6) is 0 Å². The van der Waals surface area contributed by atoms with Crippen LogP contribution < -0.4 is 11.5 Å². The molecule has 0 bridgehead atoms. The molecule has 1 aromatic rings. The Bertz CT molecular complexity index is 782. The summed E-state index contributed by atoms with van der Waals surface area (Å²) in [5.41, 5.74) is 11.0. The Morgan fingerprint density at radius 2 is 1.90 bits per heavy atom. The molecule has 0 heterocycles. The monoisotopic (exact) mass is 424 g/mol. The van der Waals surface area contributed by atoms with E-state index in [-0.39, 0.29) is 37.0 Å². The van der Waals surface area contributed by atoms with E-state index in [1.807, 2.05) is 0 Å². The van der Waals surface area contributed by atoms with Gasteiger partial charge in [0.25, 0.3) is 5.91 Å². The molecule has 0 spiro atoms. The summed E-state index contributed by atoms with van der Waals surface area (Å²) in [6.45, 7) is -0.892. The number of nitrogens with zero attached hydrogens (tertiary/aromatic N) is 4. The fourth-order valence-electron chi connectivity index (χ4n) is 2.47. The lowest BCUT2D eigenvalue weighted by Gasteiger charge is -2.25. The minimum Gasteiger partial charge on any atom is -0.480 e. The fraction of sp³-hybridized carbons (Fsp3) is 0.412. The topological polar surface area (TPSA) is 195 Å². The molecule has 0 aliphatic rings. The van der Waals surface area contributed by atoms with Gasteiger partial charge in [-0.3, -0.25) is 14.6 Å². The van der Waals surface area contributed by atoms with Gasteiger partial charge in [0.1, 0.15) is 13.2 Å². The predicted octanol–water partition coefficient (Wildman–Crippen LogP) is -0.218. The minimum atomic E-state index is -1.61. The van der Waals surface area contributed by atoms with Crippen LogP contribution in [0.1, 0.15) is 18.4 Å². The molecule has 2 amide bonds. The SMILES string of the molecule is CN(CC(=O)O)C(=O)[C@H](CCCN=C(N)N)N(C(=O)OCc1ccccc1)[N+](=O)[O-]. The first-order chi connectivity index (χ1) is 14.1. The van der Waals surface area contributed by atoms with Crippen molar-refractivity contribution < 1.29 is 29.3 Å². The molecule has 0 aliphatic heterocycles. The number of rotatable bonds is 11. The van der Waals surface area contributed by atoms with Crippen LogP contribution in [0.2, 0.25) is 0 Å². The van der Waals surface area contributed by atoms with E-state index in [1.165, 1.54) is 0 Å². The number of amides is 2. The standard InChI is InChI=1S/C17H24N6O7/c1-21(10-14(24)25)15(26)13(8-5-9-20-16(18)19)22(23(28)29)17(27)30-11-12-6-3-2-4-7-12/h2-4,6-7,13H,5,8-11H2,1H3,(H,24,25)(H4,18,19,20)/t13-/m0/s1. The number of hydrazine groups is 1. The van der Waals surface area contributed by atoms with E-state index in [1.54, 1.807) is 30.3 Å². The lowest BCUT2D eigenvalue weighted by Crippen LogP contribution is -2.53. The van der Waals surface area contributed by atoms with Crippen LogP contribution in [0.4, 0.5) is 4.79 Å². The lowest BCUT2D eigenvalue weighted by atomic mass is 10.1. The first kappa shape index (κ1) is 24.1. The second-order valence-electron chi connectivity index (χ2n) is 6.18. The molecule has 5 N–H and O–H groups in total. The van der Waals surface area contributed by atoms with Gasteiger partial charge in [0.15, 0.2) is 17.0 Å². The second kappa shape index (κ2) is 11.8. The molecular weight excluding hydrogens is 400 g/mol. The number of benzene rings is 1. The van der Waals surface area contributed by atoms with E-state index < -0.39 is 35.6 Å². The third kappa shape index (κ3) is 8.00. The molecule has 1 aromatic carbocycles. The highest BCUT2D eigenvalue weighted by Crippen LogP contribution is 2.14. The van der Waals surface area contributed by atoms with E-state index in [4.69, 9.17) is 21.3 Å². The molecule has 0 aliphatic carbocycles. The number of nitro groups is 1. The number of likely N-dealkylation sites (N-methyl/N-ethyl adjacent to an activating group) is 1. The van der Waals surface area contributed by atoms with Crippen LogP contribution in [0.3, 0.4) is 0 Å². The number of carboxylic acids is 1. The zero-order chi connectivity index (χ0) is 22.7. The van der Waals surface area contributed by atoms with Gasteiger partial charge in [-0.1, -0.05) is 30.3 Å². The predicted molar refractivity (Wildman–Crippen MR) is 104 cm³/mol. The molecule has 164 valence electrons. The highest BCUT2D eigenvalue weighted by atomic mass is 16.7. The Morgan fingerprint density at radius 1 is 1.27 bits per heavy atom. The molecule has 0 unspecified atom stereocenters. The third-order valence-corrected chi connectivity index (χ3v) is 3.83. The molecule has 0 aromatic heterocycles. The Labute approximate surface area is 172 Å². The first-order valence-corrected chi connectivity index (χ1v) is 8.79. The maximum absolute atomic E-state index is 12.7. The van der Waals surface area contributed by atoms with E-state index >= 15 is 0 Å². The van der Waals surface area contributed by atoms with Gasteiger partial charge in [0.2, 0.25) is 0 Å². The van der Waals surface area contributed by atoms with Gasteiger partial charge in [-0.2, -0.15) is 0 Å². The number of hydrogen-bond donors (Lipinski definition) is 3. The molecule has 0 saturated heterocycles. The zero-order valence-corrected chi connectivity index (χ0v) is 16.3. The van der Waals surface area contributed by atoms with Crippen LogP contribution in [0.25, 0.3) is 0 Å². The summed E-state index contributed by atoms with van der Waals surface area (Å²) >= 11 is 0. The minimum absolute atomic E-state index is 0.0547. The van der Waals surface area contributed by atoms with E-state index in [0.29, 0.717) is 5.56 Å². The summed E-state index contributed by atoms with van der Waals surface area (Å²) in [4.78, 5) is 52.0. The van der Waals surface area contributed by atoms with Crippen molar-refractivity contribution in [3.63, 3.8) is 0 Å². The Hall–Kier alpha value is -3.90. The van der Waals surface area contributed by atoms with Gasteiger partial charge in [0.05, 0.1) is 0 Å². The number of aliphatic imine (C=N–C) groups is 1. The van der Waals surface area contributed by atoms with E-state index in [2.05, 4.69) is 4.99 Å². The van der Waals surface area contributed by atoms with Gasteiger partial charge >= 0.3 is 12.1 Å². The number of ether oxygens (including phenoxy) is 1. The maximum Gasteiger partial charge on any atom is 0.469 e. The summed E-state index contributed by atoms with van der Waals surface area (Å²) in [5, 5.41) is 19.4. The van der Waals surface area contributed by atoms with E-state index in [0.717, 1.165) is 11.9 Å². The van der Waals surface area contributed by atoms with Crippen molar-refractivity contribution in [3.8, 4) is 0 Å². The van der Waals surface area contributed by atoms with Gasteiger partial charge in [0, 0.05) is 13.6 Å². The largest absolute Gasteiger partial charge is 0.480 e. The molecule has 30 heavy (non-hydrogen) atoms. The van der Waals surface area contributed by atoms with Crippen LogP contribution in [0, 0.1) is 10.1 Å². The van der Waals surface area contributed by atoms with Gasteiger partial charge in [-0.05, 0) is 23.4 Å². The van der Waals surface area contributed by atoms with Crippen molar-refractivity contribution in [2.75, 3.05) is 20.1 Å². The number of carbonyl (C=O) groups is 3. The molecular formula is C17H24N6O7. The summed E-state index contributed by atoms with van der Waals surface area (Å²) in [6.07, 6.45) is -1.43. The van der Waals surface area contributed by atoms with Crippen LogP contribution in [-0.2, 0) is 20.9 Å². The number of guanidine groups is 1. The van der Waals surface area contributed by atoms with Crippen molar-refractivity contribution in [2.24, 2.45) is 16.5 Å². The van der Waals surface area contributed by atoms with Crippen LogP contribution in [0.15, 0.2) is 35.3 Å². The fourth-order valence-corrected chi connectivity index (χ4v) is 2.47. The Balaban J connectivity index is 3.01. The van der Waals surface area contributed by atoms with Crippen LogP contribution >= 0.6 is 0 Å². The highest BCUT2D eigenvalue weighted by Gasteiger charge is 2.41. The summed E-state index contributed by atoms with van der Waals surface area (Å²) in [6, 6.07) is 6.85. The highest BCUT2D eigenvalue weighted by molar-refractivity contribution is 5.87. The second-order valence-corrected chi connectivity index (χ2v) is 6.18. The lowest BCUT2D eigenvalue weighted by molar-refractivity contribution is -0.641. The molecule has 1 rings (SSSR count). The molecule has 13 heteroatoms. The smallest absolute Gasteiger partial charge is 0.469 e. The summed E-state index contributed by atoms with van der Waals surface area (Å²) in [5.74, 6) is -2.45. The van der Waals surface area contributed by atoms with Gasteiger partial charge < -0.3 is 26.2 Å². The third-order valence-electron chi connectivity index (χ3n) is 3.83. The summed E-state index contributed by atoms with van der Waals surface area (Å²) < 4.78 is 4.98. The number of nitrogens with two attached hydrogens (primary N) is 2. The normalized spacial score (nSPS) is 11.1. The summed E-state index contributed by atoms with van der Waals surface area (Å²) in [7, 11) is 1.16. The number of hydrogen-bond acceptors (Lipinski definition) is 7. The van der Waals surface area contributed by atoms with Crippen molar-refractivity contribution in [1.29, 1.82) is 0 Å². The van der Waals surface area contributed by atoms with Crippen LogP contribution in [-0.4, -0.2) is 70.2 Å². The van der Waals surface area contributed by atoms with Crippen molar-refractivity contribution in [3.05, 3.63) is 46.0 Å². The Morgan fingerprint density at radius 3 is 2.43 bits per heavy atom.